The van der Waals surface area contributed by atoms with Crippen molar-refractivity contribution in [3.8, 4) is 0 Å². The van der Waals surface area contributed by atoms with E-state index in [1.165, 1.54) is 23.5 Å². The Morgan fingerprint density at radius 1 is 0.959 bits per heavy atom. The number of piperidine rings is 1. The van der Waals surface area contributed by atoms with Gasteiger partial charge >= 0.3 is 6.03 Å². The number of hydrogen-bond acceptors (Lipinski definition) is 7. The molecule has 274 valence electrons. The number of rotatable bonds is 15. The number of nitrogens with zero attached hydrogens (tertiary/aromatic N) is 2. The van der Waals surface area contributed by atoms with E-state index in [1.54, 1.807) is 4.90 Å². The lowest BCUT2D eigenvalue weighted by Crippen LogP contribution is -2.63. The lowest BCUT2D eigenvalue weighted by molar-refractivity contribution is -0.144. The average molecular weight is 705 g/mol. The number of likely N-dealkylation sites (tertiary alicyclic amines) is 1. The third-order valence-corrected chi connectivity index (χ3v) is 12.6. The first-order chi connectivity index (χ1) is 23.1. The maximum absolute atomic E-state index is 14.6. The SMILES string of the molecule is C=CCNC(=O)C(=O)C(CC=C)NC(=O)[C@@H]1[C@@H]2[C@H](CN1C(=O)[C@@H](NC(=O)NC1(CN(C)S(C)(=O)=O)CCCCC1)C1CCCCC1)C2(C)C. The summed E-state index contributed by atoms with van der Waals surface area (Å²) in [4.78, 5) is 69.5. The van der Waals surface area contributed by atoms with Crippen molar-refractivity contribution in [3.63, 3.8) is 0 Å². The summed E-state index contributed by atoms with van der Waals surface area (Å²) >= 11 is 0. The Labute approximate surface area is 291 Å². The lowest BCUT2D eigenvalue weighted by Gasteiger charge is -2.41. The van der Waals surface area contributed by atoms with E-state index < -0.39 is 57.3 Å². The molecule has 1 heterocycles. The highest BCUT2D eigenvalue weighted by atomic mass is 32.2. The first kappa shape index (κ1) is 38.5. The summed E-state index contributed by atoms with van der Waals surface area (Å²) in [6.45, 7) is 11.9. The van der Waals surface area contributed by atoms with Gasteiger partial charge in [-0.05, 0) is 55.3 Å². The number of urea groups is 1. The molecule has 0 aromatic carbocycles. The van der Waals surface area contributed by atoms with E-state index in [0.717, 1.165) is 57.6 Å². The average Bonchev–Trinajstić information content (AvgIpc) is 3.36. The first-order valence-corrected chi connectivity index (χ1v) is 19.6. The monoisotopic (exact) mass is 704 g/mol. The van der Waals surface area contributed by atoms with Crippen molar-refractivity contribution in [3.05, 3.63) is 25.3 Å². The van der Waals surface area contributed by atoms with E-state index in [0.29, 0.717) is 19.4 Å². The van der Waals surface area contributed by atoms with Gasteiger partial charge in [0.1, 0.15) is 18.1 Å². The Morgan fingerprint density at radius 2 is 1.59 bits per heavy atom. The largest absolute Gasteiger partial charge is 0.346 e. The van der Waals surface area contributed by atoms with Crippen LogP contribution in [0.5, 0.6) is 0 Å². The van der Waals surface area contributed by atoms with Gasteiger partial charge in [0.25, 0.3) is 5.91 Å². The van der Waals surface area contributed by atoms with Gasteiger partial charge in [0.2, 0.25) is 27.6 Å². The minimum absolute atomic E-state index is 0.0347. The van der Waals surface area contributed by atoms with Crippen LogP contribution in [0, 0.1) is 23.2 Å². The normalized spacial score (nSPS) is 25.7. The topological polar surface area (TPSA) is 174 Å². The van der Waals surface area contributed by atoms with Crippen molar-refractivity contribution in [2.24, 2.45) is 23.2 Å². The maximum atomic E-state index is 14.6. The van der Waals surface area contributed by atoms with Crippen molar-refractivity contribution in [1.82, 2.24) is 30.5 Å². The zero-order valence-electron chi connectivity index (χ0n) is 29.6. The predicted molar refractivity (Wildman–Crippen MR) is 187 cm³/mol. The molecule has 3 aliphatic carbocycles. The number of likely N-dealkylation sites (N-methyl/N-ethyl adjacent to an activating group) is 1. The standard InChI is InChI=1S/C35H56N6O7S/c1-7-15-25(29(42)31(44)36-20-8-2)37-30(43)28-26-24(34(26,3)4)21-41(28)32(45)27(23-16-11-9-12-17-23)38-33(46)39-35(18-13-10-14-19-35)22-40(5)49(6,47)48/h7-8,23-28H,1-2,9-22H2,3-6H3,(H,36,44)(H,37,43)(H2,38,39,46)/t24-,25?,26-,27-,28-/m0/s1. The number of carbonyl (C=O) groups excluding carboxylic acids is 5. The molecule has 0 aromatic rings. The summed E-state index contributed by atoms with van der Waals surface area (Å²) in [7, 11) is -1.98. The highest BCUT2D eigenvalue weighted by Gasteiger charge is 2.69. The Hall–Kier alpha value is -3.26. The molecule has 4 rings (SSSR count). The third-order valence-electron chi connectivity index (χ3n) is 11.4. The van der Waals surface area contributed by atoms with Gasteiger partial charge in [0, 0.05) is 26.7 Å². The summed E-state index contributed by atoms with van der Waals surface area (Å²) < 4.78 is 25.9. The second-order valence-electron chi connectivity index (χ2n) is 15.2. The summed E-state index contributed by atoms with van der Waals surface area (Å²) in [5, 5.41) is 11.3. The fourth-order valence-corrected chi connectivity index (χ4v) is 8.90. The van der Waals surface area contributed by atoms with Gasteiger partial charge in [0.15, 0.2) is 0 Å². The summed E-state index contributed by atoms with van der Waals surface area (Å²) in [6, 6.07) is -3.45. The third kappa shape index (κ3) is 8.92. The molecule has 0 spiro atoms. The van der Waals surface area contributed by atoms with Crippen LogP contribution in [-0.4, -0.2) is 104 Å². The Kier molecular flexibility index (Phi) is 12.4. The van der Waals surface area contributed by atoms with Crippen LogP contribution in [-0.2, 0) is 29.2 Å². The number of nitrogens with one attached hydrogen (secondary N) is 4. The van der Waals surface area contributed by atoms with E-state index in [4.69, 9.17) is 0 Å². The fourth-order valence-electron chi connectivity index (χ4n) is 8.42. The molecule has 1 aliphatic heterocycles. The van der Waals surface area contributed by atoms with Gasteiger partial charge < -0.3 is 26.2 Å². The predicted octanol–water partition coefficient (Wildman–Crippen LogP) is 2.24. The van der Waals surface area contributed by atoms with Crippen LogP contribution in [0.1, 0.15) is 84.5 Å². The van der Waals surface area contributed by atoms with Crippen molar-refractivity contribution >= 4 is 39.6 Å². The fraction of sp³-hybridized carbons (Fsp3) is 0.743. The van der Waals surface area contributed by atoms with Crippen LogP contribution in [0.4, 0.5) is 4.79 Å². The number of Topliss-reactive ketones (excluding diaryl/α,β-unsaturated/α-hetero) is 1. The van der Waals surface area contributed by atoms with Crippen LogP contribution < -0.4 is 21.3 Å². The quantitative estimate of drug-likeness (QED) is 0.149. The van der Waals surface area contributed by atoms with Crippen LogP contribution >= 0.6 is 0 Å². The molecule has 14 heteroatoms. The smallest absolute Gasteiger partial charge is 0.315 e. The molecule has 1 unspecified atom stereocenters. The van der Waals surface area contributed by atoms with Crippen molar-refractivity contribution in [2.75, 3.05) is 32.9 Å². The van der Waals surface area contributed by atoms with Crippen LogP contribution in [0.3, 0.4) is 0 Å². The van der Waals surface area contributed by atoms with Crippen molar-refractivity contribution < 1.29 is 32.4 Å². The number of fused-ring (bicyclic) bond motifs is 1. The zero-order chi connectivity index (χ0) is 36.1. The van der Waals surface area contributed by atoms with E-state index in [1.807, 2.05) is 0 Å². The van der Waals surface area contributed by atoms with Crippen LogP contribution in [0.25, 0.3) is 0 Å². The number of carbonyl (C=O) groups is 5. The maximum Gasteiger partial charge on any atom is 0.315 e. The van der Waals surface area contributed by atoms with Crippen LogP contribution in [0.15, 0.2) is 25.3 Å². The second-order valence-corrected chi connectivity index (χ2v) is 17.3. The van der Waals surface area contributed by atoms with Gasteiger partial charge in [-0.3, -0.25) is 19.2 Å². The Bertz CT molecular complexity index is 1400. The van der Waals surface area contributed by atoms with Gasteiger partial charge in [-0.2, -0.15) is 0 Å². The molecule has 0 radical (unpaired) electrons. The van der Waals surface area contributed by atoms with Gasteiger partial charge in [-0.25, -0.2) is 17.5 Å². The highest BCUT2D eigenvalue weighted by Crippen LogP contribution is 2.65. The molecule has 5 amide bonds. The minimum Gasteiger partial charge on any atom is -0.346 e. The Balaban J connectivity index is 1.57. The molecule has 4 aliphatic rings. The number of amides is 5. The van der Waals surface area contributed by atoms with E-state index in [9.17, 15) is 32.4 Å². The summed E-state index contributed by atoms with van der Waals surface area (Å²) in [5.74, 6) is -2.73. The molecular formula is C35H56N6O7S. The first-order valence-electron chi connectivity index (χ1n) is 17.7. The molecule has 4 fully saturated rings. The highest BCUT2D eigenvalue weighted by molar-refractivity contribution is 7.88. The number of sulfonamides is 1. The molecule has 0 bridgehead atoms. The molecule has 1 saturated heterocycles. The molecule has 3 saturated carbocycles. The Morgan fingerprint density at radius 3 is 2.18 bits per heavy atom. The second kappa shape index (κ2) is 15.7. The molecule has 0 aromatic heterocycles. The molecule has 13 nitrogen and oxygen atoms in total. The molecule has 4 N–H and O–H groups in total. The number of ketones is 1. The minimum atomic E-state index is -3.48. The van der Waals surface area contributed by atoms with E-state index >= 15 is 0 Å². The zero-order valence-corrected chi connectivity index (χ0v) is 30.4. The van der Waals surface area contributed by atoms with E-state index in [2.05, 4.69) is 48.3 Å². The van der Waals surface area contributed by atoms with Crippen molar-refractivity contribution in [1.29, 1.82) is 0 Å². The molecule has 49 heavy (non-hydrogen) atoms. The van der Waals surface area contributed by atoms with Crippen molar-refractivity contribution in [2.45, 2.75) is 108 Å². The number of hydrogen-bond donors (Lipinski definition) is 4. The van der Waals surface area contributed by atoms with Crippen LogP contribution in [0.2, 0.25) is 0 Å². The van der Waals surface area contributed by atoms with Gasteiger partial charge in [-0.1, -0.05) is 64.5 Å². The molecule has 5 atom stereocenters. The summed E-state index contributed by atoms with van der Waals surface area (Å²) in [5.41, 5.74) is -0.977. The lowest BCUT2D eigenvalue weighted by atomic mass is 9.81. The van der Waals surface area contributed by atoms with Gasteiger partial charge in [0.05, 0.1) is 11.8 Å². The molecular weight excluding hydrogens is 648 g/mol. The summed E-state index contributed by atoms with van der Waals surface area (Å²) in [6.07, 6.45) is 12.4. The van der Waals surface area contributed by atoms with E-state index in [-0.39, 0.29) is 48.6 Å². The van der Waals surface area contributed by atoms with Gasteiger partial charge in [-0.15, -0.1) is 13.2 Å².